The number of amides is 1. The highest BCUT2D eigenvalue weighted by Gasteiger charge is 2.59. The number of nitrogens with one attached hydrogen (secondary N) is 2. The minimum atomic E-state index is -1.72. The van der Waals surface area contributed by atoms with E-state index in [4.69, 9.17) is 9.16 Å². The van der Waals surface area contributed by atoms with Crippen LogP contribution in [0.3, 0.4) is 0 Å². The van der Waals surface area contributed by atoms with E-state index in [1.54, 1.807) is 0 Å². The summed E-state index contributed by atoms with van der Waals surface area (Å²) in [6, 6.07) is 0.577. The van der Waals surface area contributed by atoms with Crippen LogP contribution in [0.15, 0.2) is 0 Å². The number of alkyl carbamates (subject to hydrolysis) is 1. The van der Waals surface area contributed by atoms with E-state index < -0.39 is 13.9 Å². The van der Waals surface area contributed by atoms with Gasteiger partial charge in [-0.25, -0.2) is 4.79 Å². The Morgan fingerprint density at radius 3 is 2.35 bits per heavy atom. The third kappa shape index (κ3) is 4.48. The summed E-state index contributed by atoms with van der Waals surface area (Å²) in [5.41, 5.74) is -0.447. The average molecular weight is 343 g/mol. The molecule has 1 aliphatic carbocycles. The van der Waals surface area contributed by atoms with Gasteiger partial charge < -0.3 is 19.8 Å². The Morgan fingerprint density at radius 1 is 1.22 bits per heavy atom. The molecule has 0 radical (unpaired) electrons. The third-order valence-corrected chi connectivity index (χ3v) is 9.92. The molecular weight excluding hydrogens is 308 g/mol. The lowest BCUT2D eigenvalue weighted by Crippen LogP contribution is -2.46. The summed E-state index contributed by atoms with van der Waals surface area (Å²) in [4.78, 5) is 11.9. The number of hydrogen-bond acceptors (Lipinski definition) is 4. The maximum Gasteiger partial charge on any atom is 0.407 e. The molecule has 1 unspecified atom stereocenters. The zero-order chi connectivity index (χ0) is 17.6. The van der Waals surface area contributed by atoms with Gasteiger partial charge in [-0.3, -0.25) is 0 Å². The van der Waals surface area contributed by atoms with Crippen LogP contribution in [0.25, 0.3) is 0 Å². The molecule has 23 heavy (non-hydrogen) atoms. The second kappa shape index (κ2) is 6.04. The second-order valence-corrected chi connectivity index (χ2v) is 14.3. The van der Waals surface area contributed by atoms with E-state index in [-0.39, 0.29) is 17.2 Å². The summed E-state index contributed by atoms with van der Waals surface area (Å²) in [6.07, 6.45) is -0.305. The molecule has 5 nitrogen and oxygen atoms in total. The molecule has 0 aromatic rings. The van der Waals surface area contributed by atoms with E-state index in [2.05, 4.69) is 44.5 Å². The summed E-state index contributed by atoms with van der Waals surface area (Å²) in [6.45, 7) is 18.7. The van der Waals surface area contributed by atoms with Crippen molar-refractivity contribution in [2.75, 3.05) is 13.2 Å². The zero-order valence-electron chi connectivity index (χ0n) is 15.9. The predicted octanol–water partition coefficient (Wildman–Crippen LogP) is 3.12. The van der Waals surface area contributed by atoms with Crippen LogP contribution in [0.2, 0.25) is 18.1 Å². The van der Waals surface area contributed by atoms with Gasteiger partial charge in [0, 0.05) is 31.2 Å². The van der Waals surface area contributed by atoms with Crippen LogP contribution in [0, 0.1) is 11.8 Å². The van der Waals surface area contributed by atoms with Crippen molar-refractivity contribution in [3.63, 3.8) is 0 Å². The molecular formula is C17H34N2O3Si. The number of fused-ring (bicyclic) bond motifs is 1. The van der Waals surface area contributed by atoms with E-state index in [0.717, 1.165) is 13.2 Å². The monoisotopic (exact) mass is 342 g/mol. The number of carbonyl (C=O) groups is 1. The Kier molecular flexibility index (Phi) is 4.92. The first-order valence-corrected chi connectivity index (χ1v) is 11.6. The molecule has 6 heteroatoms. The summed E-state index contributed by atoms with van der Waals surface area (Å²) < 4.78 is 11.7. The molecule has 1 saturated heterocycles. The number of ether oxygens (including phenoxy) is 1. The summed E-state index contributed by atoms with van der Waals surface area (Å²) >= 11 is 0. The zero-order valence-corrected chi connectivity index (χ0v) is 16.9. The molecule has 0 aromatic heterocycles. The lowest BCUT2D eigenvalue weighted by molar-refractivity contribution is 0.0515. The van der Waals surface area contributed by atoms with E-state index in [9.17, 15) is 4.79 Å². The standard InChI is InChI=1S/C17H34N2O3Si/c1-16(2,3)22-15(20)19-14-11-9-18-12(13(11)14)10-21-23(7,8)17(4,5)6/h11-14,18H,9-10H2,1-8H3,(H,19,20)/t11-,12?,13-,14+/m0/s1. The van der Waals surface area contributed by atoms with Crippen LogP contribution in [-0.4, -0.2) is 45.2 Å². The van der Waals surface area contributed by atoms with Gasteiger partial charge in [0.15, 0.2) is 8.32 Å². The maximum absolute atomic E-state index is 11.9. The van der Waals surface area contributed by atoms with Crippen molar-refractivity contribution in [3.05, 3.63) is 0 Å². The predicted molar refractivity (Wildman–Crippen MR) is 95.1 cm³/mol. The lowest BCUT2D eigenvalue weighted by Gasteiger charge is -2.37. The fourth-order valence-corrected chi connectivity index (χ4v) is 4.00. The Morgan fingerprint density at radius 2 is 1.83 bits per heavy atom. The number of hydrogen-bond donors (Lipinski definition) is 2. The van der Waals surface area contributed by atoms with Crippen molar-refractivity contribution >= 4 is 14.4 Å². The number of piperidine rings is 1. The van der Waals surface area contributed by atoms with E-state index in [1.807, 2.05) is 20.8 Å². The highest BCUT2D eigenvalue weighted by molar-refractivity contribution is 6.74. The minimum absolute atomic E-state index is 0.225. The van der Waals surface area contributed by atoms with Crippen molar-refractivity contribution in [2.45, 2.75) is 77.4 Å². The normalized spacial score (nSPS) is 30.8. The SMILES string of the molecule is CC(C)(C)OC(=O)N[C@@H]1[C@H]2CNC(CO[Si](C)(C)C(C)(C)C)[C@H]21. The highest BCUT2D eigenvalue weighted by atomic mass is 28.4. The molecule has 0 bridgehead atoms. The van der Waals surface area contributed by atoms with E-state index >= 15 is 0 Å². The Hall–Kier alpha value is -0.593. The highest BCUT2D eigenvalue weighted by Crippen LogP contribution is 2.46. The molecule has 4 atom stereocenters. The number of rotatable bonds is 4. The van der Waals surface area contributed by atoms with Crippen LogP contribution in [0.4, 0.5) is 4.79 Å². The average Bonchev–Trinajstić information content (AvgIpc) is 2.82. The first-order chi connectivity index (χ1) is 10.3. The van der Waals surface area contributed by atoms with Gasteiger partial charge in [-0.15, -0.1) is 0 Å². The van der Waals surface area contributed by atoms with Crippen LogP contribution in [0.5, 0.6) is 0 Å². The topological polar surface area (TPSA) is 59.6 Å². The van der Waals surface area contributed by atoms with Gasteiger partial charge in [-0.05, 0) is 44.8 Å². The molecule has 1 heterocycles. The van der Waals surface area contributed by atoms with Crippen molar-refractivity contribution in [2.24, 2.45) is 11.8 Å². The molecule has 1 amide bonds. The third-order valence-electron chi connectivity index (χ3n) is 5.42. The van der Waals surface area contributed by atoms with Crippen molar-refractivity contribution in [3.8, 4) is 0 Å². The van der Waals surface area contributed by atoms with Gasteiger partial charge >= 0.3 is 6.09 Å². The Balaban J connectivity index is 1.81. The first-order valence-electron chi connectivity index (χ1n) is 8.69. The molecule has 134 valence electrons. The van der Waals surface area contributed by atoms with Gasteiger partial charge in [-0.2, -0.15) is 0 Å². The van der Waals surface area contributed by atoms with E-state index in [1.165, 1.54) is 0 Å². The summed E-state index contributed by atoms with van der Waals surface area (Å²) in [5.74, 6) is 1.00. The summed E-state index contributed by atoms with van der Waals surface area (Å²) in [5, 5.41) is 6.79. The molecule has 2 rings (SSSR count). The maximum atomic E-state index is 11.9. The van der Waals surface area contributed by atoms with Gasteiger partial charge in [0.25, 0.3) is 0 Å². The Labute approximate surface area is 142 Å². The van der Waals surface area contributed by atoms with Crippen molar-refractivity contribution in [1.29, 1.82) is 0 Å². The smallest absolute Gasteiger partial charge is 0.407 e. The van der Waals surface area contributed by atoms with Crippen molar-refractivity contribution in [1.82, 2.24) is 10.6 Å². The van der Waals surface area contributed by atoms with Crippen LogP contribution in [-0.2, 0) is 9.16 Å². The molecule has 2 fully saturated rings. The molecule has 2 N–H and O–H groups in total. The quantitative estimate of drug-likeness (QED) is 0.771. The van der Waals surface area contributed by atoms with Crippen molar-refractivity contribution < 1.29 is 14.0 Å². The van der Waals surface area contributed by atoms with Crippen LogP contribution >= 0.6 is 0 Å². The number of carbonyl (C=O) groups excluding carboxylic acids is 1. The Bertz CT molecular complexity index is 454. The lowest BCUT2D eigenvalue weighted by atomic mass is 10.2. The molecule has 1 aliphatic heterocycles. The van der Waals surface area contributed by atoms with Crippen LogP contribution < -0.4 is 10.6 Å². The van der Waals surface area contributed by atoms with Gasteiger partial charge in [-0.1, -0.05) is 20.8 Å². The fourth-order valence-electron chi connectivity index (χ4n) is 2.97. The second-order valence-electron chi connectivity index (χ2n) is 9.50. The van der Waals surface area contributed by atoms with Gasteiger partial charge in [0.2, 0.25) is 0 Å². The molecule has 1 saturated carbocycles. The molecule has 0 aromatic carbocycles. The minimum Gasteiger partial charge on any atom is -0.444 e. The van der Waals surface area contributed by atoms with Gasteiger partial charge in [0.1, 0.15) is 5.60 Å². The molecule has 0 spiro atoms. The van der Waals surface area contributed by atoms with E-state index in [0.29, 0.717) is 17.9 Å². The first kappa shape index (κ1) is 18.7. The van der Waals surface area contributed by atoms with Gasteiger partial charge in [0.05, 0.1) is 0 Å². The molecule has 2 aliphatic rings. The van der Waals surface area contributed by atoms with Crippen LogP contribution in [0.1, 0.15) is 41.5 Å². The largest absolute Gasteiger partial charge is 0.444 e. The summed E-state index contributed by atoms with van der Waals surface area (Å²) in [7, 11) is -1.72. The fraction of sp³-hybridized carbons (Fsp3) is 0.941.